The van der Waals surface area contributed by atoms with Crippen molar-refractivity contribution in [3.05, 3.63) is 0 Å². The van der Waals surface area contributed by atoms with Crippen molar-refractivity contribution in [1.29, 1.82) is 0 Å². The lowest BCUT2D eigenvalue weighted by molar-refractivity contribution is -0.170. The van der Waals surface area contributed by atoms with Gasteiger partial charge in [0.2, 0.25) is 0 Å². The lowest BCUT2D eigenvalue weighted by Gasteiger charge is -2.55. The van der Waals surface area contributed by atoms with Gasteiger partial charge in [-0.25, -0.2) is 0 Å². The summed E-state index contributed by atoms with van der Waals surface area (Å²) < 4.78 is 5.65. The molecular formula is C16H26O2. The number of esters is 1. The Labute approximate surface area is 110 Å². The highest BCUT2D eigenvalue weighted by atomic mass is 16.6. The van der Waals surface area contributed by atoms with Crippen molar-refractivity contribution in [3.8, 4) is 0 Å². The van der Waals surface area contributed by atoms with Crippen LogP contribution in [0.4, 0.5) is 0 Å². The van der Waals surface area contributed by atoms with E-state index in [2.05, 4.69) is 13.8 Å². The molecule has 5 atom stereocenters. The van der Waals surface area contributed by atoms with E-state index in [1.165, 1.54) is 38.5 Å². The van der Waals surface area contributed by atoms with Crippen molar-refractivity contribution in [2.75, 3.05) is 0 Å². The first-order chi connectivity index (χ1) is 8.45. The zero-order valence-corrected chi connectivity index (χ0v) is 11.9. The maximum atomic E-state index is 11.3. The number of ether oxygens (including phenoxy) is 1. The first kappa shape index (κ1) is 12.5. The summed E-state index contributed by atoms with van der Waals surface area (Å²) in [7, 11) is 0. The average Bonchev–Trinajstić information content (AvgIpc) is 2.23. The molecule has 0 aliphatic heterocycles. The van der Waals surface area contributed by atoms with Crippen LogP contribution in [0.25, 0.3) is 0 Å². The van der Waals surface area contributed by atoms with E-state index in [0.717, 1.165) is 23.7 Å². The van der Waals surface area contributed by atoms with Crippen LogP contribution in [-0.2, 0) is 9.53 Å². The van der Waals surface area contributed by atoms with Gasteiger partial charge in [0.25, 0.3) is 0 Å². The SMILES string of the molecule is CC(=O)OC(C)(C)C1CC2CC3CCC1C(C3)C2. The van der Waals surface area contributed by atoms with Gasteiger partial charge in [0.1, 0.15) is 5.60 Å². The van der Waals surface area contributed by atoms with Crippen molar-refractivity contribution in [1.82, 2.24) is 0 Å². The summed E-state index contributed by atoms with van der Waals surface area (Å²) >= 11 is 0. The fraction of sp³-hybridized carbons (Fsp3) is 0.938. The molecule has 2 heteroatoms. The molecule has 18 heavy (non-hydrogen) atoms. The van der Waals surface area contributed by atoms with Crippen molar-refractivity contribution in [2.45, 2.75) is 64.9 Å². The van der Waals surface area contributed by atoms with E-state index in [-0.39, 0.29) is 11.6 Å². The third-order valence-corrected chi connectivity index (χ3v) is 5.86. The number of fused-ring (bicyclic) bond motifs is 2. The summed E-state index contributed by atoms with van der Waals surface area (Å²) in [4.78, 5) is 11.3. The highest BCUT2D eigenvalue weighted by Gasteiger charge is 2.50. The number of carbonyl (C=O) groups excluding carboxylic acids is 1. The van der Waals surface area contributed by atoms with Gasteiger partial charge in [-0.3, -0.25) is 4.79 Å². The van der Waals surface area contributed by atoms with E-state index in [1.54, 1.807) is 6.92 Å². The molecule has 0 radical (unpaired) electrons. The first-order valence-electron chi connectivity index (χ1n) is 7.65. The van der Waals surface area contributed by atoms with Crippen LogP contribution in [0.2, 0.25) is 0 Å². The van der Waals surface area contributed by atoms with E-state index in [0.29, 0.717) is 5.92 Å². The molecule has 0 amide bonds. The molecule has 0 saturated heterocycles. The molecule has 3 rings (SSSR count). The highest BCUT2D eigenvalue weighted by Crippen LogP contribution is 2.57. The van der Waals surface area contributed by atoms with Gasteiger partial charge in [-0.1, -0.05) is 6.42 Å². The Kier molecular flexibility index (Phi) is 2.95. The Morgan fingerprint density at radius 3 is 2.50 bits per heavy atom. The van der Waals surface area contributed by atoms with Gasteiger partial charge in [-0.15, -0.1) is 0 Å². The van der Waals surface area contributed by atoms with Crippen molar-refractivity contribution >= 4 is 5.97 Å². The summed E-state index contributed by atoms with van der Waals surface area (Å²) in [5.41, 5.74) is -0.266. The minimum Gasteiger partial charge on any atom is -0.460 e. The number of hydrogen-bond donors (Lipinski definition) is 0. The van der Waals surface area contributed by atoms with Crippen LogP contribution < -0.4 is 0 Å². The van der Waals surface area contributed by atoms with Crippen LogP contribution in [0.1, 0.15) is 59.3 Å². The summed E-state index contributed by atoms with van der Waals surface area (Å²) in [6.45, 7) is 5.81. The summed E-state index contributed by atoms with van der Waals surface area (Å²) in [5.74, 6) is 4.13. The van der Waals surface area contributed by atoms with E-state index in [9.17, 15) is 4.79 Å². The quantitative estimate of drug-likeness (QED) is 0.697. The monoisotopic (exact) mass is 250 g/mol. The second-order valence-corrected chi connectivity index (χ2v) is 7.48. The molecule has 0 heterocycles. The van der Waals surface area contributed by atoms with Crippen LogP contribution in [0.5, 0.6) is 0 Å². The summed E-state index contributed by atoms with van der Waals surface area (Å²) in [6, 6.07) is 0. The highest BCUT2D eigenvalue weighted by molar-refractivity contribution is 5.66. The van der Waals surface area contributed by atoms with E-state index < -0.39 is 0 Å². The van der Waals surface area contributed by atoms with Crippen molar-refractivity contribution in [2.24, 2.45) is 29.6 Å². The Bertz CT molecular complexity index is 341. The second-order valence-electron chi connectivity index (χ2n) is 7.48. The van der Waals surface area contributed by atoms with E-state index in [4.69, 9.17) is 4.74 Å². The maximum Gasteiger partial charge on any atom is 0.303 e. The van der Waals surface area contributed by atoms with E-state index >= 15 is 0 Å². The standard InChI is InChI=1S/C16H26O2/c1-10(17)18-16(2,3)15-9-12-6-11-4-5-14(15)13(7-11)8-12/h11-15H,4-9H2,1-3H3. The molecule has 102 valence electrons. The number of rotatable bonds is 2. The zero-order chi connectivity index (χ0) is 12.9. The predicted molar refractivity (Wildman–Crippen MR) is 71.0 cm³/mol. The molecular weight excluding hydrogens is 224 g/mol. The first-order valence-corrected chi connectivity index (χ1v) is 7.65. The Morgan fingerprint density at radius 1 is 1.06 bits per heavy atom. The van der Waals surface area contributed by atoms with Gasteiger partial charge in [0.05, 0.1) is 0 Å². The van der Waals surface area contributed by atoms with E-state index in [1.807, 2.05) is 0 Å². The third-order valence-electron chi connectivity index (χ3n) is 5.86. The molecule has 0 aromatic heterocycles. The van der Waals surface area contributed by atoms with Crippen LogP contribution >= 0.6 is 0 Å². The molecule has 0 N–H and O–H groups in total. The predicted octanol–water partition coefficient (Wildman–Crippen LogP) is 3.79. The molecule has 3 bridgehead atoms. The van der Waals surface area contributed by atoms with Gasteiger partial charge < -0.3 is 4.74 Å². The molecule has 3 fully saturated rings. The van der Waals surface area contributed by atoms with Gasteiger partial charge in [-0.2, -0.15) is 0 Å². The molecule has 5 unspecified atom stereocenters. The van der Waals surface area contributed by atoms with Gasteiger partial charge in [0.15, 0.2) is 0 Å². The van der Waals surface area contributed by atoms with Gasteiger partial charge in [-0.05, 0) is 69.6 Å². The summed E-state index contributed by atoms with van der Waals surface area (Å²) in [6.07, 6.45) is 8.43. The molecule has 0 aromatic rings. The van der Waals surface area contributed by atoms with Gasteiger partial charge in [0, 0.05) is 12.8 Å². The molecule has 2 nitrogen and oxygen atoms in total. The molecule has 3 saturated carbocycles. The topological polar surface area (TPSA) is 26.3 Å². The molecule has 0 spiro atoms. The zero-order valence-electron chi connectivity index (χ0n) is 11.9. The largest absolute Gasteiger partial charge is 0.460 e. The number of carbonyl (C=O) groups is 1. The minimum absolute atomic E-state index is 0.121. The Morgan fingerprint density at radius 2 is 1.78 bits per heavy atom. The molecule has 3 aliphatic carbocycles. The Hall–Kier alpha value is -0.530. The smallest absolute Gasteiger partial charge is 0.303 e. The molecule has 0 aromatic carbocycles. The normalized spacial score (nSPS) is 42.7. The third kappa shape index (κ3) is 2.08. The fourth-order valence-electron chi connectivity index (χ4n) is 5.37. The van der Waals surface area contributed by atoms with Gasteiger partial charge >= 0.3 is 5.97 Å². The van der Waals surface area contributed by atoms with Crippen LogP contribution in [0.3, 0.4) is 0 Å². The summed E-state index contributed by atoms with van der Waals surface area (Å²) in [5, 5.41) is 0. The maximum absolute atomic E-state index is 11.3. The van der Waals surface area contributed by atoms with Crippen LogP contribution in [0, 0.1) is 29.6 Å². The lowest BCUT2D eigenvalue weighted by atomic mass is 9.52. The van der Waals surface area contributed by atoms with Crippen LogP contribution in [0.15, 0.2) is 0 Å². The lowest BCUT2D eigenvalue weighted by Crippen LogP contribution is -2.50. The fourth-order valence-corrected chi connectivity index (χ4v) is 5.37. The Balaban J connectivity index is 1.82. The second kappa shape index (κ2) is 4.25. The molecule has 3 aliphatic rings. The van der Waals surface area contributed by atoms with Crippen molar-refractivity contribution in [3.63, 3.8) is 0 Å². The number of hydrogen-bond acceptors (Lipinski definition) is 2. The minimum atomic E-state index is -0.266. The average molecular weight is 250 g/mol. The van der Waals surface area contributed by atoms with Crippen molar-refractivity contribution < 1.29 is 9.53 Å². The van der Waals surface area contributed by atoms with Crippen LogP contribution in [-0.4, -0.2) is 11.6 Å².